The van der Waals surface area contributed by atoms with E-state index in [9.17, 15) is 4.79 Å². The number of nitrogens with two attached hydrogens (primary N) is 1. The third-order valence-electron chi connectivity index (χ3n) is 2.26. The summed E-state index contributed by atoms with van der Waals surface area (Å²) in [5, 5.41) is 2.81. The van der Waals surface area contributed by atoms with Crippen LogP contribution in [0.2, 0.25) is 0 Å². The quantitative estimate of drug-likeness (QED) is 0.632. The normalized spacial score (nSPS) is 14.9. The van der Waals surface area contributed by atoms with E-state index in [0.717, 1.165) is 6.42 Å². The van der Waals surface area contributed by atoms with Gasteiger partial charge in [-0.1, -0.05) is 6.92 Å². The summed E-state index contributed by atoms with van der Waals surface area (Å²) in [6.45, 7) is 5.18. The molecule has 3 N–H and O–H groups in total. The zero-order valence-electron chi connectivity index (χ0n) is 9.38. The fraction of sp³-hybridized carbons (Fsp3) is 0.900. The SMILES string of the molecule is COC(C)CNC(=O)CCC(C)CN. The summed E-state index contributed by atoms with van der Waals surface area (Å²) in [6.07, 6.45) is 1.48. The van der Waals surface area contributed by atoms with Crippen LogP contribution in [-0.2, 0) is 9.53 Å². The number of amides is 1. The van der Waals surface area contributed by atoms with E-state index in [2.05, 4.69) is 5.32 Å². The van der Waals surface area contributed by atoms with E-state index in [1.165, 1.54) is 0 Å². The number of carbonyl (C=O) groups is 1. The van der Waals surface area contributed by atoms with E-state index in [-0.39, 0.29) is 12.0 Å². The molecular formula is C10H22N2O2. The topological polar surface area (TPSA) is 64.3 Å². The maximum atomic E-state index is 11.3. The smallest absolute Gasteiger partial charge is 0.220 e. The highest BCUT2D eigenvalue weighted by atomic mass is 16.5. The lowest BCUT2D eigenvalue weighted by molar-refractivity contribution is -0.121. The number of methoxy groups -OCH3 is 1. The van der Waals surface area contributed by atoms with Crippen LogP contribution in [0.3, 0.4) is 0 Å². The number of ether oxygens (including phenoxy) is 1. The van der Waals surface area contributed by atoms with Gasteiger partial charge in [0.1, 0.15) is 0 Å². The molecule has 0 radical (unpaired) electrons. The summed E-state index contributed by atoms with van der Waals surface area (Å²) in [7, 11) is 1.63. The Morgan fingerprint density at radius 1 is 1.50 bits per heavy atom. The van der Waals surface area contributed by atoms with Gasteiger partial charge in [-0.2, -0.15) is 0 Å². The Kier molecular flexibility index (Phi) is 7.42. The molecule has 0 saturated heterocycles. The van der Waals surface area contributed by atoms with E-state index in [4.69, 9.17) is 10.5 Å². The second-order valence-corrected chi connectivity index (χ2v) is 3.73. The van der Waals surface area contributed by atoms with E-state index < -0.39 is 0 Å². The average molecular weight is 202 g/mol. The molecule has 0 aliphatic rings. The minimum absolute atomic E-state index is 0.0749. The molecule has 0 saturated carbocycles. The molecule has 2 atom stereocenters. The lowest BCUT2D eigenvalue weighted by atomic mass is 10.1. The summed E-state index contributed by atoms with van der Waals surface area (Å²) < 4.78 is 5.01. The number of rotatable bonds is 7. The molecule has 2 unspecified atom stereocenters. The molecule has 0 aliphatic heterocycles. The van der Waals surface area contributed by atoms with Crippen LogP contribution in [0, 0.1) is 5.92 Å². The van der Waals surface area contributed by atoms with Crippen molar-refractivity contribution >= 4 is 5.91 Å². The van der Waals surface area contributed by atoms with Crippen molar-refractivity contribution in [3.8, 4) is 0 Å². The maximum Gasteiger partial charge on any atom is 0.220 e. The number of hydrogen-bond acceptors (Lipinski definition) is 3. The first-order chi connectivity index (χ1) is 6.60. The van der Waals surface area contributed by atoms with Crippen LogP contribution in [0.4, 0.5) is 0 Å². The molecule has 0 aromatic heterocycles. The van der Waals surface area contributed by atoms with Crippen molar-refractivity contribution in [3.05, 3.63) is 0 Å². The van der Waals surface area contributed by atoms with Crippen molar-refractivity contribution in [3.63, 3.8) is 0 Å². The largest absolute Gasteiger partial charge is 0.380 e. The van der Waals surface area contributed by atoms with Gasteiger partial charge in [0.15, 0.2) is 0 Å². The molecule has 0 fully saturated rings. The van der Waals surface area contributed by atoms with Crippen LogP contribution in [0.15, 0.2) is 0 Å². The Morgan fingerprint density at radius 3 is 2.64 bits per heavy atom. The molecule has 84 valence electrons. The predicted molar refractivity (Wildman–Crippen MR) is 56.9 cm³/mol. The van der Waals surface area contributed by atoms with E-state index >= 15 is 0 Å². The first-order valence-electron chi connectivity index (χ1n) is 5.09. The standard InChI is InChI=1S/C10H22N2O2/c1-8(6-11)4-5-10(13)12-7-9(2)14-3/h8-9H,4-7,11H2,1-3H3,(H,12,13). The monoisotopic (exact) mass is 202 g/mol. The highest BCUT2D eigenvalue weighted by Crippen LogP contribution is 2.02. The number of carbonyl (C=O) groups excluding carboxylic acids is 1. The average Bonchev–Trinajstić information content (AvgIpc) is 2.22. The second-order valence-electron chi connectivity index (χ2n) is 3.73. The Hall–Kier alpha value is -0.610. The molecule has 4 nitrogen and oxygen atoms in total. The van der Waals surface area contributed by atoms with Crippen molar-refractivity contribution in [2.45, 2.75) is 32.8 Å². The van der Waals surface area contributed by atoms with Gasteiger partial charge in [0.25, 0.3) is 0 Å². The van der Waals surface area contributed by atoms with Crippen LogP contribution >= 0.6 is 0 Å². The molecule has 0 aromatic carbocycles. The van der Waals surface area contributed by atoms with Crippen LogP contribution in [0.1, 0.15) is 26.7 Å². The third kappa shape index (κ3) is 6.86. The van der Waals surface area contributed by atoms with Crippen molar-refractivity contribution < 1.29 is 9.53 Å². The van der Waals surface area contributed by atoms with Crippen LogP contribution in [0.5, 0.6) is 0 Å². The van der Waals surface area contributed by atoms with Gasteiger partial charge >= 0.3 is 0 Å². The molecule has 0 rings (SSSR count). The first kappa shape index (κ1) is 13.4. The predicted octanol–water partition coefficient (Wildman–Crippen LogP) is 0.513. The second kappa shape index (κ2) is 7.76. The van der Waals surface area contributed by atoms with Gasteiger partial charge < -0.3 is 15.8 Å². The van der Waals surface area contributed by atoms with Crippen molar-refractivity contribution in [2.75, 3.05) is 20.2 Å². The maximum absolute atomic E-state index is 11.3. The van der Waals surface area contributed by atoms with Crippen LogP contribution < -0.4 is 11.1 Å². The van der Waals surface area contributed by atoms with Crippen LogP contribution in [-0.4, -0.2) is 32.2 Å². The Balaban J connectivity index is 3.46. The number of nitrogens with one attached hydrogen (secondary N) is 1. The van der Waals surface area contributed by atoms with E-state index in [1.54, 1.807) is 7.11 Å². The third-order valence-corrected chi connectivity index (χ3v) is 2.26. The molecule has 1 amide bonds. The van der Waals surface area contributed by atoms with Crippen LogP contribution in [0.25, 0.3) is 0 Å². The van der Waals surface area contributed by atoms with Gasteiger partial charge in [-0.05, 0) is 25.8 Å². The lowest BCUT2D eigenvalue weighted by Crippen LogP contribution is -2.31. The van der Waals surface area contributed by atoms with Gasteiger partial charge in [0.05, 0.1) is 6.10 Å². The van der Waals surface area contributed by atoms with E-state index in [1.807, 2.05) is 13.8 Å². The molecule has 4 heteroatoms. The van der Waals surface area contributed by atoms with Gasteiger partial charge in [-0.25, -0.2) is 0 Å². The van der Waals surface area contributed by atoms with E-state index in [0.29, 0.717) is 25.4 Å². The summed E-state index contributed by atoms with van der Waals surface area (Å²) in [5.41, 5.74) is 5.45. The zero-order valence-corrected chi connectivity index (χ0v) is 9.38. The molecule has 0 heterocycles. The van der Waals surface area contributed by atoms with Crippen molar-refractivity contribution in [1.82, 2.24) is 5.32 Å². The lowest BCUT2D eigenvalue weighted by Gasteiger charge is -2.11. The fourth-order valence-corrected chi connectivity index (χ4v) is 0.925. The fourth-order valence-electron chi connectivity index (χ4n) is 0.925. The Morgan fingerprint density at radius 2 is 2.14 bits per heavy atom. The Labute approximate surface area is 86.2 Å². The first-order valence-corrected chi connectivity index (χ1v) is 5.09. The molecule has 0 bridgehead atoms. The summed E-state index contributed by atoms with van der Waals surface area (Å²) in [5.74, 6) is 0.495. The minimum Gasteiger partial charge on any atom is -0.380 e. The number of hydrogen-bond donors (Lipinski definition) is 2. The van der Waals surface area contributed by atoms with Gasteiger partial charge in [-0.3, -0.25) is 4.79 Å². The summed E-state index contributed by atoms with van der Waals surface area (Å²) in [6, 6.07) is 0. The summed E-state index contributed by atoms with van der Waals surface area (Å²) >= 11 is 0. The van der Waals surface area contributed by atoms with Gasteiger partial charge in [0, 0.05) is 20.1 Å². The Bertz CT molecular complexity index is 146. The van der Waals surface area contributed by atoms with Crippen molar-refractivity contribution in [1.29, 1.82) is 0 Å². The molecule has 0 spiro atoms. The molecule has 14 heavy (non-hydrogen) atoms. The van der Waals surface area contributed by atoms with Gasteiger partial charge in [0.2, 0.25) is 5.91 Å². The highest BCUT2D eigenvalue weighted by molar-refractivity contribution is 5.75. The summed E-state index contributed by atoms with van der Waals surface area (Å²) in [4.78, 5) is 11.3. The zero-order chi connectivity index (χ0) is 11.0. The molecular weight excluding hydrogens is 180 g/mol. The highest BCUT2D eigenvalue weighted by Gasteiger charge is 2.06. The van der Waals surface area contributed by atoms with Crippen molar-refractivity contribution in [2.24, 2.45) is 11.7 Å². The molecule has 0 aliphatic carbocycles. The van der Waals surface area contributed by atoms with Gasteiger partial charge in [-0.15, -0.1) is 0 Å². The molecule has 0 aromatic rings. The minimum atomic E-state index is 0.0749.